The molecule has 1 N–H and O–H groups in total. The van der Waals surface area contributed by atoms with Gasteiger partial charge >= 0.3 is 0 Å². The minimum absolute atomic E-state index is 0.144. The van der Waals surface area contributed by atoms with Crippen molar-refractivity contribution in [1.29, 1.82) is 0 Å². The largest absolute Gasteiger partial charge is 0.354 e. The van der Waals surface area contributed by atoms with E-state index >= 15 is 0 Å². The maximum atomic E-state index is 12.4. The first kappa shape index (κ1) is 16.0. The van der Waals surface area contributed by atoms with Gasteiger partial charge in [-0.2, -0.15) is 0 Å². The van der Waals surface area contributed by atoms with Gasteiger partial charge in [0.25, 0.3) is 0 Å². The molecule has 1 saturated carbocycles. The van der Waals surface area contributed by atoms with E-state index in [1.165, 1.54) is 5.56 Å². The van der Waals surface area contributed by atoms with Crippen molar-refractivity contribution >= 4 is 21.8 Å². The SMILES string of the molecule is CN1CCN(C)C(CNC(=O)C2CC2c2ccccc2Br)C1. The van der Waals surface area contributed by atoms with Gasteiger partial charge in [0.15, 0.2) is 0 Å². The first-order valence-electron chi connectivity index (χ1n) is 7.97. The van der Waals surface area contributed by atoms with Gasteiger partial charge in [0.1, 0.15) is 0 Å². The summed E-state index contributed by atoms with van der Waals surface area (Å²) in [6.45, 7) is 3.95. The third kappa shape index (κ3) is 3.53. The van der Waals surface area contributed by atoms with Crippen molar-refractivity contribution < 1.29 is 4.79 Å². The van der Waals surface area contributed by atoms with Crippen LogP contribution in [0.1, 0.15) is 17.9 Å². The number of carbonyl (C=O) groups excluding carboxylic acids is 1. The first-order chi connectivity index (χ1) is 10.6. The van der Waals surface area contributed by atoms with Crippen LogP contribution in [0.3, 0.4) is 0 Å². The molecule has 1 amide bonds. The Balaban J connectivity index is 1.51. The van der Waals surface area contributed by atoms with Gasteiger partial charge in [-0.1, -0.05) is 34.1 Å². The van der Waals surface area contributed by atoms with E-state index in [1.807, 2.05) is 12.1 Å². The van der Waals surface area contributed by atoms with Gasteiger partial charge in [0, 0.05) is 42.6 Å². The summed E-state index contributed by atoms with van der Waals surface area (Å²) in [5.74, 6) is 0.732. The number of halogens is 1. The van der Waals surface area contributed by atoms with Crippen LogP contribution in [0.25, 0.3) is 0 Å². The minimum atomic E-state index is 0.144. The highest BCUT2D eigenvalue weighted by Crippen LogP contribution is 2.49. The second-order valence-electron chi connectivity index (χ2n) is 6.61. The van der Waals surface area contributed by atoms with Crippen LogP contribution >= 0.6 is 15.9 Å². The van der Waals surface area contributed by atoms with Crippen LogP contribution in [0.15, 0.2) is 28.7 Å². The molecule has 120 valence electrons. The Morgan fingerprint density at radius 3 is 2.86 bits per heavy atom. The van der Waals surface area contributed by atoms with Crippen molar-refractivity contribution in [3.63, 3.8) is 0 Å². The molecule has 1 aliphatic heterocycles. The molecule has 0 bridgehead atoms. The van der Waals surface area contributed by atoms with Crippen LogP contribution in [-0.2, 0) is 4.79 Å². The van der Waals surface area contributed by atoms with Crippen molar-refractivity contribution in [1.82, 2.24) is 15.1 Å². The number of nitrogens with zero attached hydrogens (tertiary/aromatic N) is 2. The van der Waals surface area contributed by atoms with Crippen molar-refractivity contribution in [2.75, 3.05) is 40.3 Å². The van der Waals surface area contributed by atoms with Crippen molar-refractivity contribution in [3.8, 4) is 0 Å². The molecule has 3 unspecified atom stereocenters. The van der Waals surface area contributed by atoms with E-state index in [-0.39, 0.29) is 11.8 Å². The van der Waals surface area contributed by atoms with E-state index < -0.39 is 0 Å². The van der Waals surface area contributed by atoms with Gasteiger partial charge in [-0.05, 0) is 38.1 Å². The van der Waals surface area contributed by atoms with Crippen LogP contribution < -0.4 is 5.32 Å². The minimum Gasteiger partial charge on any atom is -0.354 e. The van der Waals surface area contributed by atoms with E-state index in [0.717, 1.165) is 37.1 Å². The Labute approximate surface area is 141 Å². The number of hydrogen-bond donors (Lipinski definition) is 1. The molecule has 3 atom stereocenters. The average molecular weight is 366 g/mol. The van der Waals surface area contributed by atoms with Gasteiger partial charge in [0.05, 0.1) is 0 Å². The normalized spacial score (nSPS) is 29.3. The lowest BCUT2D eigenvalue weighted by Gasteiger charge is -2.37. The maximum absolute atomic E-state index is 12.4. The molecule has 1 aromatic rings. The molecule has 4 nitrogen and oxygen atoms in total. The summed E-state index contributed by atoms with van der Waals surface area (Å²) in [4.78, 5) is 17.0. The summed E-state index contributed by atoms with van der Waals surface area (Å²) in [6.07, 6.45) is 0.967. The fourth-order valence-corrected chi connectivity index (χ4v) is 3.85. The fourth-order valence-electron chi connectivity index (χ4n) is 3.28. The van der Waals surface area contributed by atoms with Crippen molar-refractivity contribution in [2.24, 2.45) is 5.92 Å². The van der Waals surface area contributed by atoms with Crippen molar-refractivity contribution in [3.05, 3.63) is 34.3 Å². The lowest BCUT2D eigenvalue weighted by Crippen LogP contribution is -2.54. The van der Waals surface area contributed by atoms with Crippen LogP contribution in [-0.4, -0.2) is 62.0 Å². The highest BCUT2D eigenvalue weighted by atomic mass is 79.9. The monoisotopic (exact) mass is 365 g/mol. The average Bonchev–Trinajstić information content (AvgIpc) is 3.29. The lowest BCUT2D eigenvalue weighted by atomic mass is 10.1. The molecule has 2 aliphatic rings. The molecule has 22 heavy (non-hydrogen) atoms. The molecule has 0 aromatic heterocycles. The summed E-state index contributed by atoms with van der Waals surface area (Å²) >= 11 is 3.59. The Bertz CT molecular complexity index is 550. The number of likely N-dealkylation sites (N-methyl/N-ethyl adjacent to an activating group) is 2. The summed E-state index contributed by atoms with van der Waals surface area (Å²) in [6, 6.07) is 8.64. The predicted octanol–water partition coefficient (Wildman–Crippen LogP) is 1.91. The Kier molecular flexibility index (Phi) is 4.85. The van der Waals surface area contributed by atoms with E-state index in [2.05, 4.69) is 57.3 Å². The Morgan fingerprint density at radius 1 is 1.32 bits per heavy atom. The zero-order valence-corrected chi connectivity index (χ0v) is 14.8. The standard InChI is InChI=1S/C17H24BrN3O/c1-20-7-8-21(2)12(11-20)10-19-17(22)15-9-14(15)13-5-3-4-6-16(13)18/h3-6,12,14-15H,7-11H2,1-2H3,(H,19,22). The zero-order valence-electron chi connectivity index (χ0n) is 13.3. The van der Waals surface area contributed by atoms with Gasteiger partial charge in [0.2, 0.25) is 5.91 Å². The van der Waals surface area contributed by atoms with E-state index in [0.29, 0.717) is 12.0 Å². The molecular formula is C17H24BrN3O. The van der Waals surface area contributed by atoms with Crippen LogP contribution in [0.2, 0.25) is 0 Å². The van der Waals surface area contributed by atoms with Gasteiger partial charge < -0.3 is 10.2 Å². The molecular weight excluding hydrogens is 342 g/mol. The molecule has 1 heterocycles. The number of piperazine rings is 1. The summed E-state index contributed by atoms with van der Waals surface area (Å²) in [5, 5.41) is 3.16. The fraction of sp³-hybridized carbons (Fsp3) is 0.588. The third-order valence-electron chi connectivity index (χ3n) is 4.92. The number of benzene rings is 1. The van der Waals surface area contributed by atoms with E-state index in [1.54, 1.807) is 0 Å². The smallest absolute Gasteiger partial charge is 0.223 e. The molecule has 1 saturated heterocycles. The third-order valence-corrected chi connectivity index (χ3v) is 5.65. The van der Waals surface area contributed by atoms with Crippen molar-refractivity contribution in [2.45, 2.75) is 18.4 Å². The number of rotatable bonds is 4. The number of amides is 1. The summed E-state index contributed by atoms with van der Waals surface area (Å²) in [7, 11) is 4.29. The zero-order chi connectivity index (χ0) is 15.7. The molecule has 1 aromatic carbocycles. The molecule has 3 rings (SSSR count). The number of nitrogens with one attached hydrogen (secondary N) is 1. The van der Waals surface area contributed by atoms with Gasteiger partial charge in [-0.15, -0.1) is 0 Å². The molecule has 5 heteroatoms. The summed E-state index contributed by atoms with van der Waals surface area (Å²) in [5.41, 5.74) is 1.26. The number of carbonyl (C=O) groups is 1. The predicted molar refractivity (Wildman–Crippen MR) is 91.9 cm³/mol. The highest BCUT2D eigenvalue weighted by molar-refractivity contribution is 9.10. The van der Waals surface area contributed by atoms with E-state index in [4.69, 9.17) is 0 Å². The summed E-state index contributed by atoms with van der Waals surface area (Å²) < 4.78 is 1.11. The maximum Gasteiger partial charge on any atom is 0.223 e. The molecule has 0 radical (unpaired) electrons. The second kappa shape index (κ2) is 6.69. The van der Waals surface area contributed by atoms with Crippen LogP contribution in [0.5, 0.6) is 0 Å². The Hall–Kier alpha value is -0.910. The second-order valence-corrected chi connectivity index (χ2v) is 7.47. The quantitative estimate of drug-likeness (QED) is 0.885. The van der Waals surface area contributed by atoms with E-state index in [9.17, 15) is 4.79 Å². The van der Waals surface area contributed by atoms with Gasteiger partial charge in [-0.25, -0.2) is 0 Å². The molecule has 2 fully saturated rings. The van der Waals surface area contributed by atoms with Gasteiger partial charge in [-0.3, -0.25) is 9.69 Å². The Morgan fingerprint density at radius 2 is 2.09 bits per heavy atom. The van der Waals surface area contributed by atoms with Crippen LogP contribution in [0.4, 0.5) is 0 Å². The van der Waals surface area contributed by atoms with Crippen LogP contribution in [0, 0.1) is 5.92 Å². The lowest BCUT2D eigenvalue weighted by molar-refractivity contribution is -0.122. The number of hydrogen-bond acceptors (Lipinski definition) is 3. The first-order valence-corrected chi connectivity index (χ1v) is 8.76. The molecule has 0 spiro atoms. The molecule has 1 aliphatic carbocycles. The highest BCUT2D eigenvalue weighted by Gasteiger charge is 2.44. The topological polar surface area (TPSA) is 35.6 Å².